The first-order valence-corrected chi connectivity index (χ1v) is 15.2. The second-order valence-electron chi connectivity index (χ2n) is 12.5. The molecule has 2 heterocycles. The molecule has 2 aromatic carbocycles. The van der Waals surface area contributed by atoms with Gasteiger partial charge in [-0.1, -0.05) is 36.2 Å². The molecule has 0 amide bonds. The SMILES string of the molecule is CCC1C2CC(CC2OCc2c(C3CC3)cnn2-c2c(Cl)cccc2Cl)N1c1ccc(C(=O)OC(C)(C)C)c(F)c1. The molecule has 2 bridgehead atoms. The largest absolute Gasteiger partial charge is 0.456 e. The summed E-state index contributed by atoms with van der Waals surface area (Å²) in [7, 11) is 0. The van der Waals surface area contributed by atoms with Crippen molar-refractivity contribution in [3.63, 3.8) is 0 Å². The summed E-state index contributed by atoms with van der Waals surface area (Å²) in [6.07, 6.45) is 7.09. The minimum atomic E-state index is -0.685. The van der Waals surface area contributed by atoms with Crippen LogP contribution in [0.15, 0.2) is 42.6 Å². The molecule has 6 nitrogen and oxygen atoms in total. The Balaban J connectivity index is 1.19. The fourth-order valence-corrected chi connectivity index (χ4v) is 7.26. The Kier molecular flexibility index (Phi) is 7.58. The Morgan fingerprint density at radius 1 is 1.12 bits per heavy atom. The third-order valence-electron chi connectivity index (χ3n) is 8.56. The minimum absolute atomic E-state index is 0.0380. The number of carbonyl (C=O) groups excluding carboxylic acids is 1. The molecule has 4 atom stereocenters. The monoisotopic (exact) mass is 599 g/mol. The average molecular weight is 601 g/mol. The molecule has 0 N–H and O–H groups in total. The van der Waals surface area contributed by atoms with Gasteiger partial charge in [-0.05, 0) is 94.7 Å². The van der Waals surface area contributed by atoms with E-state index in [-0.39, 0.29) is 23.8 Å². The van der Waals surface area contributed by atoms with Crippen molar-refractivity contribution in [2.24, 2.45) is 5.92 Å². The van der Waals surface area contributed by atoms with E-state index in [2.05, 4.69) is 16.9 Å². The summed E-state index contributed by atoms with van der Waals surface area (Å²) in [5, 5.41) is 5.79. The number of carbonyl (C=O) groups is 1. The molecule has 1 aliphatic heterocycles. The predicted molar refractivity (Wildman–Crippen MR) is 159 cm³/mol. The van der Waals surface area contributed by atoms with Crippen LogP contribution in [0.2, 0.25) is 10.0 Å². The number of benzene rings is 2. The Bertz CT molecular complexity index is 1440. The summed E-state index contributed by atoms with van der Waals surface area (Å²) in [6.45, 7) is 7.91. The van der Waals surface area contributed by atoms with Crippen LogP contribution in [0.25, 0.3) is 5.69 Å². The smallest absolute Gasteiger partial charge is 0.341 e. The van der Waals surface area contributed by atoms with E-state index in [4.69, 9.17) is 32.7 Å². The topological polar surface area (TPSA) is 56.6 Å². The fraction of sp³-hybridized carbons (Fsp3) is 0.500. The molecule has 6 rings (SSSR count). The molecular weight excluding hydrogens is 564 g/mol. The first-order chi connectivity index (χ1) is 19.6. The number of fused-ring (bicyclic) bond motifs is 2. The molecule has 41 heavy (non-hydrogen) atoms. The molecule has 1 saturated heterocycles. The third kappa shape index (κ3) is 5.49. The van der Waals surface area contributed by atoms with Crippen molar-refractivity contribution in [2.75, 3.05) is 4.90 Å². The lowest BCUT2D eigenvalue weighted by molar-refractivity contribution is -0.000570. The first-order valence-electron chi connectivity index (χ1n) is 14.5. The molecule has 0 radical (unpaired) electrons. The quantitative estimate of drug-likeness (QED) is 0.245. The molecule has 4 unspecified atom stereocenters. The number of para-hydroxylation sites is 1. The minimum Gasteiger partial charge on any atom is -0.456 e. The van der Waals surface area contributed by atoms with E-state index in [1.54, 1.807) is 26.8 Å². The van der Waals surface area contributed by atoms with Crippen molar-refractivity contribution < 1.29 is 18.7 Å². The molecule has 2 saturated carbocycles. The van der Waals surface area contributed by atoms with Crippen LogP contribution >= 0.6 is 23.2 Å². The number of aromatic nitrogens is 2. The van der Waals surface area contributed by atoms with Gasteiger partial charge >= 0.3 is 5.97 Å². The maximum absolute atomic E-state index is 15.1. The fourth-order valence-electron chi connectivity index (χ4n) is 6.71. The number of ether oxygens (including phenoxy) is 2. The second-order valence-corrected chi connectivity index (χ2v) is 13.3. The van der Waals surface area contributed by atoms with E-state index in [1.165, 1.54) is 11.6 Å². The van der Waals surface area contributed by atoms with Gasteiger partial charge in [0.2, 0.25) is 0 Å². The van der Waals surface area contributed by atoms with Crippen LogP contribution in [-0.2, 0) is 16.1 Å². The molecular formula is C32H36Cl2FN3O3. The third-order valence-corrected chi connectivity index (χ3v) is 9.17. The summed E-state index contributed by atoms with van der Waals surface area (Å²) in [5.74, 6) is -0.376. The summed E-state index contributed by atoms with van der Waals surface area (Å²) in [4.78, 5) is 14.8. The van der Waals surface area contributed by atoms with Crippen molar-refractivity contribution in [3.05, 3.63) is 75.3 Å². The zero-order valence-corrected chi connectivity index (χ0v) is 25.4. The molecule has 0 spiro atoms. The molecule has 3 aliphatic rings. The van der Waals surface area contributed by atoms with Gasteiger partial charge < -0.3 is 14.4 Å². The highest BCUT2D eigenvalue weighted by atomic mass is 35.5. The number of hydrogen-bond donors (Lipinski definition) is 0. The maximum atomic E-state index is 15.1. The molecule has 218 valence electrons. The standard InChI is InChI=1S/C32H36Cl2FN3O3/c1-5-27-22-13-20(37(27)19-11-12-21(26(35)14-19)31(39)41-32(2,3)4)15-29(22)40-17-28-23(18-9-10-18)16-36-38(28)30-24(33)7-6-8-25(30)34/h6-8,11-12,14,16,18,20,22,27,29H,5,9-10,13,15,17H2,1-4H3. The van der Waals surface area contributed by atoms with Gasteiger partial charge in [0.25, 0.3) is 0 Å². The average Bonchev–Trinajstić information content (AvgIpc) is 3.39. The van der Waals surface area contributed by atoms with Gasteiger partial charge in [0, 0.05) is 23.7 Å². The number of nitrogens with zero attached hydrogens (tertiary/aromatic N) is 3. The molecule has 2 aliphatic carbocycles. The van der Waals surface area contributed by atoms with E-state index >= 15 is 4.39 Å². The Morgan fingerprint density at radius 2 is 1.85 bits per heavy atom. The van der Waals surface area contributed by atoms with Crippen molar-refractivity contribution in [3.8, 4) is 5.69 Å². The number of piperidine rings is 1. The van der Waals surface area contributed by atoms with Crippen molar-refractivity contribution in [1.82, 2.24) is 9.78 Å². The van der Waals surface area contributed by atoms with Gasteiger partial charge in [0.05, 0.1) is 40.2 Å². The summed E-state index contributed by atoms with van der Waals surface area (Å²) in [5.41, 5.74) is 2.98. The van der Waals surface area contributed by atoms with Gasteiger partial charge in [-0.25, -0.2) is 13.9 Å². The predicted octanol–water partition coefficient (Wildman–Crippen LogP) is 8.11. The lowest BCUT2D eigenvalue weighted by Crippen LogP contribution is -2.46. The van der Waals surface area contributed by atoms with Crippen LogP contribution in [0.1, 0.15) is 87.3 Å². The van der Waals surface area contributed by atoms with E-state index in [0.29, 0.717) is 34.2 Å². The van der Waals surface area contributed by atoms with Gasteiger partial charge in [-0.2, -0.15) is 5.10 Å². The van der Waals surface area contributed by atoms with Gasteiger partial charge in [0.15, 0.2) is 0 Å². The van der Waals surface area contributed by atoms with E-state index < -0.39 is 17.4 Å². The Hall–Kier alpha value is -2.61. The van der Waals surface area contributed by atoms with Crippen LogP contribution in [0, 0.1) is 11.7 Å². The lowest BCUT2D eigenvalue weighted by Gasteiger charge is -2.40. The molecule has 3 fully saturated rings. The van der Waals surface area contributed by atoms with Crippen LogP contribution < -0.4 is 4.90 Å². The number of rotatable bonds is 8. The van der Waals surface area contributed by atoms with E-state index in [1.807, 2.05) is 35.1 Å². The number of hydrogen-bond acceptors (Lipinski definition) is 5. The Morgan fingerprint density at radius 3 is 2.49 bits per heavy atom. The van der Waals surface area contributed by atoms with Crippen LogP contribution in [-0.4, -0.2) is 39.5 Å². The van der Waals surface area contributed by atoms with Gasteiger partial charge in [-0.15, -0.1) is 0 Å². The number of anilines is 1. The zero-order valence-electron chi connectivity index (χ0n) is 23.9. The molecule has 1 aromatic heterocycles. The van der Waals surface area contributed by atoms with Gasteiger partial charge in [-0.3, -0.25) is 0 Å². The highest BCUT2D eigenvalue weighted by Crippen LogP contribution is 2.48. The van der Waals surface area contributed by atoms with E-state index in [0.717, 1.165) is 43.5 Å². The number of halogens is 3. The summed E-state index contributed by atoms with van der Waals surface area (Å²) in [6, 6.07) is 10.8. The van der Waals surface area contributed by atoms with E-state index in [9.17, 15) is 4.79 Å². The van der Waals surface area contributed by atoms with Crippen molar-refractivity contribution >= 4 is 34.9 Å². The van der Waals surface area contributed by atoms with Crippen molar-refractivity contribution in [2.45, 2.75) is 96.1 Å². The summed E-state index contributed by atoms with van der Waals surface area (Å²) < 4.78 is 29.0. The van der Waals surface area contributed by atoms with Crippen LogP contribution in [0.5, 0.6) is 0 Å². The van der Waals surface area contributed by atoms with Crippen LogP contribution in [0.4, 0.5) is 10.1 Å². The van der Waals surface area contributed by atoms with Crippen molar-refractivity contribution in [1.29, 1.82) is 0 Å². The van der Waals surface area contributed by atoms with Gasteiger partial charge in [0.1, 0.15) is 17.1 Å². The molecule has 9 heteroatoms. The normalized spacial score (nSPS) is 23.8. The second kappa shape index (κ2) is 10.9. The summed E-state index contributed by atoms with van der Waals surface area (Å²) >= 11 is 13.1. The van der Waals surface area contributed by atoms with Crippen LogP contribution in [0.3, 0.4) is 0 Å². The highest BCUT2D eigenvalue weighted by Gasteiger charge is 2.51. The number of esters is 1. The highest BCUT2D eigenvalue weighted by molar-refractivity contribution is 6.37. The lowest BCUT2D eigenvalue weighted by atomic mass is 9.93. The molecule has 3 aromatic rings. The Labute approximate surface area is 250 Å². The zero-order chi connectivity index (χ0) is 29.1. The maximum Gasteiger partial charge on any atom is 0.341 e. The first kappa shape index (κ1) is 28.5.